The molecule has 7 nitrogen and oxygen atoms in total. The number of carboxylic acids is 1. The van der Waals surface area contributed by atoms with Gasteiger partial charge in [-0.2, -0.15) is 5.10 Å². The Morgan fingerprint density at radius 3 is 2.43 bits per heavy atom. The third-order valence-electron chi connectivity index (χ3n) is 7.12. The Balaban J connectivity index is 1.58. The van der Waals surface area contributed by atoms with E-state index in [1.54, 1.807) is 21.7 Å². The van der Waals surface area contributed by atoms with Gasteiger partial charge in [0, 0.05) is 43.7 Å². The van der Waals surface area contributed by atoms with Gasteiger partial charge in [0.25, 0.3) is 11.8 Å². The van der Waals surface area contributed by atoms with Crippen molar-refractivity contribution in [2.75, 3.05) is 19.6 Å². The number of alkyl halides is 4. The van der Waals surface area contributed by atoms with E-state index in [2.05, 4.69) is 10.4 Å². The highest BCUT2D eigenvalue weighted by Crippen LogP contribution is 2.39. The molecule has 3 atom stereocenters. The fourth-order valence-electron chi connectivity index (χ4n) is 5.24. The average Bonchev–Trinajstić information content (AvgIpc) is 3.57. The highest BCUT2D eigenvalue weighted by molar-refractivity contribution is 5.94. The molecular formula is C26H32F4N4O3. The van der Waals surface area contributed by atoms with Crippen LogP contribution in [0.5, 0.6) is 0 Å². The summed E-state index contributed by atoms with van der Waals surface area (Å²) in [5, 5.41) is 16.5. The normalized spacial score (nSPS) is 21.9. The van der Waals surface area contributed by atoms with Crippen LogP contribution in [0.15, 0.2) is 30.3 Å². The first-order chi connectivity index (χ1) is 17.5. The largest absolute Gasteiger partial charge is 0.481 e. The summed E-state index contributed by atoms with van der Waals surface area (Å²) in [6.45, 7) is 0.889. The van der Waals surface area contributed by atoms with Crippen molar-refractivity contribution in [2.45, 2.75) is 75.8 Å². The number of rotatable bonds is 10. The smallest absolute Gasteiger partial charge is 0.305 e. The predicted molar refractivity (Wildman–Crippen MR) is 129 cm³/mol. The van der Waals surface area contributed by atoms with E-state index in [9.17, 15) is 32.3 Å². The van der Waals surface area contributed by atoms with Gasteiger partial charge in [-0.1, -0.05) is 37.1 Å². The summed E-state index contributed by atoms with van der Waals surface area (Å²) in [5.74, 6) is -4.86. The van der Waals surface area contributed by atoms with E-state index in [0.717, 1.165) is 32.6 Å². The van der Waals surface area contributed by atoms with Crippen LogP contribution in [0.25, 0.3) is 11.3 Å². The minimum atomic E-state index is -3.11. The van der Waals surface area contributed by atoms with Crippen molar-refractivity contribution < 1.29 is 32.3 Å². The summed E-state index contributed by atoms with van der Waals surface area (Å²) in [6.07, 6.45) is 0.193. The number of aromatic nitrogens is 2. The Kier molecular flexibility index (Phi) is 8.20. The van der Waals surface area contributed by atoms with Crippen LogP contribution in [-0.4, -0.2) is 69.7 Å². The molecule has 0 radical (unpaired) electrons. The zero-order chi connectivity index (χ0) is 26.7. The molecule has 2 aliphatic rings. The minimum absolute atomic E-state index is 0.000304. The fraction of sp³-hybridized carbons (Fsp3) is 0.577. The highest BCUT2D eigenvalue weighted by Gasteiger charge is 2.34. The highest BCUT2D eigenvalue weighted by atomic mass is 19.3. The standard InChI is InChI=1S/C26H32F4N4O3/c1-26(29,30)19-9-5-4-8-18(19)23-13-22(32-34(23)17-6-2-3-7-17)25(37)31-16(12-24(35)36)10-11-33-14-20(27)21(28)15-33/h4-5,8-9,13,16-17,20-21H,2-3,6-7,10-12,14-15H2,1H3,(H,31,37)(H,35,36)/t16-,20+,21+/m0/s1. The Bertz CT molecular complexity index is 1100. The first-order valence-electron chi connectivity index (χ1n) is 12.6. The van der Waals surface area contributed by atoms with Crippen molar-refractivity contribution in [1.29, 1.82) is 0 Å². The Hall–Kier alpha value is -2.95. The molecule has 1 aromatic heterocycles. The zero-order valence-electron chi connectivity index (χ0n) is 20.7. The molecule has 1 aliphatic heterocycles. The van der Waals surface area contributed by atoms with Crippen molar-refractivity contribution >= 4 is 11.9 Å². The molecule has 1 saturated carbocycles. The van der Waals surface area contributed by atoms with Crippen LogP contribution in [0.3, 0.4) is 0 Å². The molecule has 2 fully saturated rings. The molecule has 1 saturated heterocycles. The summed E-state index contributed by atoms with van der Waals surface area (Å²) in [5.41, 5.74) is 0.517. The molecule has 1 aliphatic carbocycles. The Morgan fingerprint density at radius 2 is 1.81 bits per heavy atom. The van der Waals surface area contributed by atoms with Crippen LogP contribution < -0.4 is 5.32 Å². The maximum absolute atomic E-state index is 14.4. The molecule has 202 valence electrons. The van der Waals surface area contributed by atoms with Crippen LogP contribution in [-0.2, 0) is 10.7 Å². The van der Waals surface area contributed by atoms with Gasteiger partial charge in [-0.15, -0.1) is 0 Å². The SMILES string of the molecule is CC(F)(F)c1ccccc1-c1cc(C(=O)N[C@@H](CCN2C[C@@H](F)[C@H](F)C2)CC(=O)O)nn1C1CCCC1. The molecule has 2 heterocycles. The van der Waals surface area contributed by atoms with E-state index in [1.165, 1.54) is 18.2 Å². The minimum Gasteiger partial charge on any atom is -0.481 e. The summed E-state index contributed by atoms with van der Waals surface area (Å²) in [6, 6.07) is 6.76. The molecule has 0 bridgehead atoms. The number of carbonyl (C=O) groups is 2. The number of aliphatic carboxylic acids is 1. The van der Waals surface area contributed by atoms with Crippen LogP contribution in [0.4, 0.5) is 17.6 Å². The Morgan fingerprint density at radius 1 is 1.16 bits per heavy atom. The van der Waals surface area contributed by atoms with Gasteiger partial charge in [0.15, 0.2) is 5.69 Å². The number of carboxylic acid groups (broad SMARTS) is 1. The lowest BCUT2D eigenvalue weighted by Gasteiger charge is -2.20. The van der Waals surface area contributed by atoms with Crippen molar-refractivity contribution in [3.8, 4) is 11.3 Å². The molecule has 0 spiro atoms. The summed E-state index contributed by atoms with van der Waals surface area (Å²) < 4.78 is 57.5. The third-order valence-corrected chi connectivity index (χ3v) is 7.12. The predicted octanol–water partition coefficient (Wildman–Crippen LogP) is 4.73. The molecule has 4 rings (SSSR count). The van der Waals surface area contributed by atoms with Gasteiger partial charge in [-0.3, -0.25) is 19.2 Å². The number of carbonyl (C=O) groups excluding carboxylic acids is 1. The Labute approximate surface area is 212 Å². The number of amides is 1. The maximum Gasteiger partial charge on any atom is 0.305 e. The van der Waals surface area contributed by atoms with Gasteiger partial charge in [-0.25, -0.2) is 17.6 Å². The quantitative estimate of drug-likeness (QED) is 0.439. The van der Waals surface area contributed by atoms with Crippen LogP contribution in [0.1, 0.15) is 67.5 Å². The van der Waals surface area contributed by atoms with E-state index in [-0.39, 0.29) is 55.3 Å². The summed E-state index contributed by atoms with van der Waals surface area (Å²) in [4.78, 5) is 26.1. The lowest BCUT2D eigenvalue weighted by Crippen LogP contribution is -2.39. The van der Waals surface area contributed by atoms with Gasteiger partial charge in [0.1, 0.15) is 12.3 Å². The van der Waals surface area contributed by atoms with Crippen LogP contribution in [0, 0.1) is 0 Å². The van der Waals surface area contributed by atoms with Crippen molar-refractivity contribution in [1.82, 2.24) is 20.0 Å². The second kappa shape index (κ2) is 11.2. The molecule has 11 heteroatoms. The van der Waals surface area contributed by atoms with Gasteiger partial charge in [0.05, 0.1) is 18.2 Å². The fourth-order valence-corrected chi connectivity index (χ4v) is 5.24. The van der Waals surface area contributed by atoms with Crippen molar-refractivity contribution in [3.63, 3.8) is 0 Å². The number of benzene rings is 1. The molecular weight excluding hydrogens is 492 g/mol. The van der Waals surface area contributed by atoms with Gasteiger partial charge < -0.3 is 10.4 Å². The number of nitrogens with one attached hydrogen (secondary N) is 1. The lowest BCUT2D eigenvalue weighted by molar-refractivity contribution is -0.137. The first kappa shape index (κ1) is 27.1. The molecule has 0 unspecified atom stereocenters. The molecule has 2 aromatic rings. The number of halogens is 4. The lowest BCUT2D eigenvalue weighted by atomic mass is 9.99. The summed E-state index contributed by atoms with van der Waals surface area (Å²) >= 11 is 0. The van der Waals surface area contributed by atoms with Gasteiger partial charge in [-0.05, 0) is 25.3 Å². The zero-order valence-corrected chi connectivity index (χ0v) is 20.7. The molecule has 2 N–H and O–H groups in total. The molecule has 1 amide bonds. The van der Waals surface area contributed by atoms with Gasteiger partial charge >= 0.3 is 5.97 Å². The maximum atomic E-state index is 14.4. The van der Waals surface area contributed by atoms with Crippen molar-refractivity contribution in [3.05, 3.63) is 41.6 Å². The van der Waals surface area contributed by atoms with Crippen LogP contribution in [0.2, 0.25) is 0 Å². The van der Waals surface area contributed by atoms with E-state index >= 15 is 0 Å². The van der Waals surface area contributed by atoms with E-state index in [4.69, 9.17) is 0 Å². The van der Waals surface area contributed by atoms with E-state index in [1.807, 2.05) is 0 Å². The monoisotopic (exact) mass is 524 g/mol. The second-order valence-corrected chi connectivity index (χ2v) is 10.1. The van der Waals surface area contributed by atoms with E-state index in [0.29, 0.717) is 5.69 Å². The van der Waals surface area contributed by atoms with E-state index < -0.39 is 36.2 Å². The third kappa shape index (κ3) is 6.49. The van der Waals surface area contributed by atoms with Crippen molar-refractivity contribution in [2.24, 2.45) is 0 Å². The second-order valence-electron chi connectivity index (χ2n) is 10.1. The number of hydrogen-bond acceptors (Lipinski definition) is 4. The number of nitrogens with zero attached hydrogens (tertiary/aromatic N) is 3. The molecule has 1 aromatic carbocycles. The summed E-state index contributed by atoms with van der Waals surface area (Å²) in [7, 11) is 0. The van der Waals surface area contributed by atoms with Crippen LogP contribution >= 0.6 is 0 Å². The average molecular weight is 525 g/mol. The number of likely N-dealkylation sites (tertiary alicyclic amines) is 1. The van der Waals surface area contributed by atoms with Gasteiger partial charge in [0.2, 0.25) is 0 Å². The topological polar surface area (TPSA) is 87.5 Å². The first-order valence-corrected chi connectivity index (χ1v) is 12.6. The number of hydrogen-bond donors (Lipinski definition) is 2. The molecule has 37 heavy (non-hydrogen) atoms.